The van der Waals surface area contributed by atoms with E-state index in [9.17, 15) is 9.50 Å². The van der Waals surface area contributed by atoms with Crippen molar-refractivity contribution in [3.05, 3.63) is 58.9 Å². The number of hydrogen-bond acceptors (Lipinski definition) is 6. The number of aromatic nitrogens is 1. The average molecular weight is 375 g/mol. The van der Waals surface area contributed by atoms with Gasteiger partial charge in [-0.25, -0.2) is 9.37 Å². The maximum Gasteiger partial charge on any atom is 0.203 e. The lowest BCUT2D eigenvalue weighted by Crippen LogP contribution is -2.05. The minimum atomic E-state index is -1.19. The van der Waals surface area contributed by atoms with Gasteiger partial charge in [0.05, 0.1) is 21.3 Å². The van der Waals surface area contributed by atoms with Gasteiger partial charge in [0.2, 0.25) is 5.75 Å². The molecule has 0 aliphatic rings. The third-order valence-corrected chi connectivity index (χ3v) is 4.80. The lowest BCUT2D eigenvalue weighted by molar-refractivity contribution is 0.213. The van der Waals surface area contributed by atoms with Gasteiger partial charge in [0.15, 0.2) is 11.5 Å². The van der Waals surface area contributed by atoms with Crippen LogP contribution in [0.1, 0.15) is 17.2 Å². The minimum absolute atomic E-state index is 0.152. The highest BCUT2D eigenvalue weighted by atomic mass is 32.1. The van der Waals surface area contributed by atoms with Crippen LogP contribution in [0.4, 0.5) is 4.39 Å². The summed E-state index contributed by atoms with van der Waals surface area (Å²) in [5.41, 5.74) is 1.25. The number of methoxy groups -OCH3 is 3. The second-order valence-electron chi connectivity index (χ2n) is 5.43. The Morgan fingerprint density at radius 1 is 1.04 bits per heavy atom. The van der Waals surface area contributed by atoms with Gasteiger partial charge in [-0.1, -0.05) is 12.1 Å². The van der Waals surface area contributed by atoms with Crippen LogP contribution in [0.3, 0.4) is 0 Å². The standard InChI is InChI=1S/C19H18FNO4S/c1-23-15-9-12(10-16(24-2)18(15)25-3)17(22)13-5-4-11(8-14(13)20)19-21-6-7-26-19/h4-10,17,22H,1-3H3. The van der Waals surface area contributed by atoms with Gasteiger partial charge in [0.25, 0.3) is 0 Å². The molecule has 3 rings (SSSR count). The second kappa shape index (κ2) is 7.72. The molecule has 0 saturated heterocycles. The van der Waals surface area contributed by atoms with Crippen molar-refractivity contribution in [2.75, 3.05) is 21.3 Å². The van der Waals surface area contributed by atoms with Crippen molar-refractivity contribution in [1.29, 1.82) is 0 Å². The van der Waals surface area contributed by atoms with Gasteiger partial charge >= 0.3 is 0 Å². The minimum Gasteiger partial charge on any atom is -0.493 e. The molecule has 1 heterocycles. The van der Waals surface area contributed by atoms with Crippen LogP contribution in [0.15, 0.2) is 41.9 Å². The van der Waals surface area contributed by atoms with E-state index in [1.165, 1.54) is 38.7 Å². The van der Waals surface area contributed by atoms with Crippen molar-refractivity contribution in [1.82, 2.24) is 4.98 Å². The Balaban J connectivity index is 2.00. The van der Waals surface area contributed by atoms with Crippen LogP contribution < -0.4 is 14.2 Å². The van der Waals surface area contributed by atoms with Gasteiger partial charge in [0.1, 0.15) is 16.9 Å². The van der Waals surface area contributed by atoms with Crippen LogP contribution in [0.5, 0.6) is 17.2 Å². The molecule has 0 saturated carbocycles. The monoisotopic (exact) mass is 375 g/mol. The van der Waals surface area contributed by atoms with Gasteiger partial charge in [-0.3, -0.25) is 0 Å². The number of halogens is 1. The zero-order chi connectivity index (χ0) is 18.7. The lowest BCUT2D eigenvalue weighted by atomic mass is 9.99. The molecular weight excluding hydrogens is 357 g/mol. The fourth-order valence-electron chi connectivity index (χ4n) is 2.69. The highest BCUT2D eigenvalue weighted by Gasteiger charge is 2.21. The fourth-order valence-corrected chi connectivity index (χ4v) is 3.32. The van der Waals surface area contributed by atoms with Crippen molar-refractivity contribution in [3.8, 4) is 27.8 Å². The number of aliphatic hydroxyl groups is 1. The molecule has 0 fully saturated rings. The van der Waals surface area contributed by atoms with Crippen molar-refractivity contribution >= 4 is 11.3 Å². The van der Waals surface area contributed by atoms with Crippen LogP contribution >= 0.6 is 11.3 Å². The number of thiazole rings is 1. The smallest absolute Gasteiger partial charge is 0.203 e. The summed E-state index contributed by atoms with van der Waals surface area (Å²) < 4.78 is 30.5. The number of ether oxygens (including phenoxy) is 3. The van der Waals surface area contributed by atoms with E-state index in [2.05, 4.69) is 4.98 Å². The van der Waals surface area contributed by atoms with Crippen LogP contribution in [0.2, 0.25) is 0 Å². The first-order valence-electron chi connectivity index (χ1n) is 7.76. The molecule has 1 unspecified atom stereocenters. The van der Waals surface area contributed by atoms with E-state index in [0.29, 0.717) is 28.4 Å². The Labute approximate surface area is 154 Å². The highest BCUT2D eigenvalue weighted by molar-refractivity contribution is 7.13. The molecule has 136 valence electrons. The Hall–Kier alpha value is -2.64. The van der Waals surface area contributed by atoms with E-state index in [1.54, 1.807) is 30.5 Å². The lowest BCUT2D eigenvalue weighted by Gasteiger charge is -2.18. The molecule has 7 heteroatoms. The molecule has 0 bridgehead atoms. The summed E-state index contributed by atoms with van der Waals surface area (Å²) in [5, 5.41) is 13.2. The zero-order valence-corrected chi connectivity index (χ0v) is 15.3. The van der Waals surface area contributed by atoms with Gasteiger partial charge in [0, 0.05) is 22.7 Å². The maximum atomic E-state index is 14.6. The Morgan fingerprint density at radius 2 is 1.73 bits per heavy atom. The first-order chi connectivity index (χ1) is 12.6. The molecule has 0 aliphatic heterocycles. The van der Waals surface area contributed by atoms with Crippen molar-refractivity contribution in [3.63, 3.8) is 0 Å². The summed E-state index contributed by atoms with van der Waals surface area (Å²) >= 11 is 1.42. The van der Waals surface area contributed by atoms with E-state index < -0.39 is 11.9 Å². The van der Waals surface area contributed by atoms with Crippen molar-refractivity contribution < 1.29 is 23.7 Å². The molecule has 26 heavy (non-hydrogen) atoms. The van der Waals surface area contributed by atoms with Crippen LogP contribution in [-0.2, 0) is 0 Å². The van der Waals surface area contributed by atoms with E-state index in [0.717, 1.165) is 5.01 Å². The van der Waals surface area contributed by atoms with E-state index in [1.807, 2.05) is 5.38 Å². The van der Waals surface area contributed by atoms with E-state index in [4.69, 9.17) is 14.2 Å². The SMILES string of the molecule is COc1cc(C(O)c2ccc(-c3nccs3)cc2F)cc(OC)c1OC. The molecule has 1 aromatic heterocycles. The summed E-state index contributed by atoms with van der Waals surface area (Å²) in [7, 11) is 4.46. The van der Waals surface area contributed by atoms with Crippen LogP contribution in [0.25, 0.3) is 10.6 Å². The van der Waals surface area contributed by atoms with Crippen LogP contribution in [0, 0.1) is 5.82 Å². The summed E-state index contributed by atoms with van der Waals surface area (Å²) in [6.45, 7) is 0. The van der Waals surface area contributed by atoms with E-state index in [-0.39, 0.29) is 5.56 Å². The van der Waals surface area contributed by atoms with Crippen molar-refractivity contribution in [2.45, 2.75) is 6.10 Å². The summed E-state index contributed by atoms with van der Waals surface area (Å²) in [5.74, 6) is 0.672. The third-order valence-electron chi connectivity index (χ3n) is 3.98. The topological polar surface area (TPSA) is 60.8 Å². The Bertz CT molecular complexity index is 874. The predicted molar refractivity (Wildman–Crippen MR) is 97.7 cm³/mol. The molecule has 1 N–H and O–H groups in total. The van der Waals surface area contributed by atoms with Gasteiger partial charge in [-0.15, -0.1) is 11.3 Å². The number of hydrogen-bond donors (Lipinski definition) is 1. The first kappa shape index (κ1) is 18.2. The van der Waals surface area contributed by atoms with Gasteiger partial charge in [-0.05, 0) is 23.8 Å². The second-order valence-corrected chi connectivity index (χ2v) is 6.33. The average Bonchev–Trinajstić information content (AvgIpc) is 3.20. The molecule has 0 spiro atoms. The number of aliphatic hydroxyl groups excluding tert-OH is 1. The first-order valence-corrected chi connectivity index (χ1v) is 8.64. The number of rotatable bonds is 6. The normalized spacial score (nSPS) is 11.9. The summed E-state index contributed by atoms with van der Waals surface area (Å²) in [6.07, 6.45) is 0.477. The number of nitrogens with zero attached hydrogens (tertiary/aromatic N) is 1. The molecule has 0 radical (unpaired) electrons. The maximum absolute atomic E-state index is 14.6. The van der Waals surface area contributed by atoms with Gasteiger partial charge < -0.3 is 19.3 Å². The molecule has 3 aromatic rings. The quantitative estimate of drug-likeness (QED) is 0.704. The third kappa shape index (κ3) is 3.36. The molecule has 0 aliphatic carbocycles. The molecule has 5 nitrogen and oxygen atoms in total. The number of benzene rings is 2. The Kier molecular flexibility index (Phi) is 5.39. The molecule has 1 atom stereocenters. The summed E-state index contributed by atoms with van der Waals surface area (Å²) in [4.78, 5) is 4.17. The highest BCUT2D eigenvalue weighted by Crippen LogP contribution is 2.41. The molecule has 0 amide bonds. The van der Waals surface area contributed by atoms with Gasteiger partial charge in [-0.2, -0.15) is 0 Å². The summed E-state index contributed by atoms with van der Waals surface area (Å²) in [6, 6.07) is 7.86. The van der Waals surface area contributed by atoms with Crippen LogP contribution in [-0.4, -0.2) is 31.4 Å². The largest absolute Gasteiger partial charge is 0.493 e. The van der Waals surface area contributed by atoms with Crippen molar-refractivity contribution in [2.24, 2.45) is 0 Å². The molecular formula is C19H18FNO4S. The van der Waals surface area contributed by atoms with E-state index >= 15 is 0 Å². The fraction of sp³-hybridized carbons (Fsp3) is 0.211. The Morgan fingerprint density at radius 3 is 2.23 bits per heavy atom. The molecule has 2 aromatic carbocycles. The predicted octanol–water partition coefficient (Wildman–Crippen LogP) is 4.06. The zero-order valence-electron chi connectivity index (χ0n) is 14.5.